The first-order chi connectivity index (χ1) is 17.9. The first-order valence-corrected chi connectivity index (χ1v) is 14.3. The average Bonchev–Trinajstić information content (AvgIpc) is 2.83. The molecule has 0 saturated heterocycles. The van der Waals surface area contributed by atoms with Crippen molar-refractivity contribution < 1.29 is 18.3 Å². The second kappa shape index (κ2) is 13.1. The molecular formula is C26H29Cl3N4O4S. The third-order valence-corrected chi connectivity index (χ3v) is 8.09. The van der Waals surface area contributed by atoms with Gasteiger partial charge in [0.1, 0.15) is 11.6 Å². The van der Waals surface area contributed by atoms with Crippen LogP contribution in [0.25, 0.3) is 0 Å². The molecule has 204 valence electrons. The number of halogens is 3. The molecule has 38 heavy (non-hydrogen) atoms. The zero-order chi connectivity index (χ0) is 28.0. The van der Waals surface area contributed by atoms with E-state index in [9.17, 15) is 13.2 Å². The number of aromatic nitrogens is 1. The minimum absolute atomic E-state index is 0.0759. The van der Waals surface area contributed by atoms with E-state index in [-0.39, 0.29) is 44.8 Å². The maximum Gasteiger partial charge on any atom is 0.265 e. The zero-order valence-corrected chi connectivity index (χ0v) is 24.2. The summed E-state index contributed by atoms with van der Waals surface area (Å²) >= 11 is 18.2. The quantitative estimate of drug-likeness (QED) is 0.395. The van der Waals surface area contributed by atoms with Crippen LogP contribution < -0.4 is 9.62 Å². The molecule has 1 aliphatic heterocycles. The molecular weight excluding hydrogens is 571 g/mol. The van der Waals surface area contributed by atoms with Crippen LogP contribution in [-0.2, 0) is 16.4 Å². The largest absolute Gasteiger partial charge is 0.392 e. The van der Waals surface area contributed by atoms with E-state index in [1.54, 1.807) is 49.4 Å². The third kappa shape index (κ3) is 7.59. The number of nitrogens with one attached hydrogen (secondary N) is 1. The molecule has 12 heteroatoms. The number of aryl methyl sites for hydroxylation is 1. The van der Waals surface area contributed by atoms with Crippen LogP contribution in [0.1, 0.15) is 29.3 Å². The number of carbonyl (C=O) groups is 1. The first kappa shape index (κ1) is 30.1. The molecule has 1 unspecified atom stereocenters. The second-order valence-electron chi connectivity index (χ2n) is 8.98. The molecule has 4 rings (SSSR count). The summed E-state index contributed by atoms with van der Waals surface area (Å²) in [7, 11) is -0.00286. The number of fused-ring (bicyclic) bond motifs is 1. The van der Waals surface area contributed by atoms with Crippen molar-refractivity contribution in [3.05, 3.63) is 80.8 Å². The van der Waals surface area contributed by atoms with Gasteiger partial charge in [-0.2, -0.15) is 0 Å². The molecule has 0 spiro atoms. The van der Waals surface area contributed by atoms with Crippen molar-refractivity contribution in [1.29, 1.82) is 0 Å². The van der Waals surface area contributed by atoms with Crippen LogP contribution in [0.15, 0.2) is 59.5 Å². The highest BCUT2D eigenvalue weighted by Gasteiger charge is 2.31. The van der Waals surface area contributed by atoms with Crippen LogP contribution in [0, 0.1) is 0 Å². The lowest BCUT2D eigenvalue weighted by molar-refractivity contribution is 0.102. The van der Waals surface area contributed by atoms with Crippen LogP contribution in [0.5, 0.6) is 0 Å². The van der Waals surface area contributed by atoms with E-state index in [0.29, 0.717) is 17.9 Å². The number of likely N-dealkylation sites (N-methyl/N-ethyl adjacent to an activating group) is 1. The highest BCUT2D eigenvalue weighted by atomic mass is 35.5. The van der Waals surface area contributed by atoms with Gasteiger partial charge in [0.15, 0.2) is 0 Å². The Morgan fingerprint density at radius 2 is 1.76 bits per heavy atom. The molecule has 1 atom stereocenters. The standard InChI is InChI=1S/C21H16Cl3N3O3S.C5H13NO/c22-14-5-1-6-15(12-14)31(29,30)27-11-3-4-13-9-10-18(25-20(13)27)26-21(28)19-16(23)7-2-8-17(19)24;1-5(7)4-6(2)3/h1-2,5-10,12H,3-4,11H2,(H,25,26,28);5,7H,4H2,1-3H3. The van der Waals surface area contributed by atoms with E-state index >= 15 is 0 Å². The van der Waals surface area contributed by atoms with Gasteiger partial charge in [-0.05, 0) is 75.8 Å². The van der Waals surface area contributed by atoms with Crippen LogP contribution in [0.2, 0.25) is 15.1 Å². The number of anilines is 2. The number of hydrogen-bond donors (Lipinski definition) is 2. The molecule has 3 aromatic rings. The number of aliphatic hydroxyl groups excluding tert-OH is 1. The van der Waals surface area contributed by atoms with Crippen molar-refractivity contribution in [3.8, 4) is 0 Å². The summed E-state index contributed by atoms with van der Waals surface area (Å²) in [5.74, 6) is -0.0784. The minimum atomic E-state index is -3.88. The van der Waals surface area contributed by atoms with Crippen molar-refractivity contribution in [2.75, 3.05) is 36.8 Å². The van der Waals surface area contributed by atoms with Gasteiger partial charge in [0.25, 0.3) is 15.9 Å². The normalized spacial score (nSPS) is 13.8. The summed E-state index contributed by atoms with van der Waals surface area (Å²) < 4.78 is 27.7. The van der Waals surface area contributed by atoms with Gasteiger partial charge in [-0.15, -0.1) is 0 Å². The Kier molecular flexibility index (Phi) is 10.4. The fourth-order valence-corrected chi connectivity index (χ4v) is 6.25. The highest BCUT2D eigenvalue weighted by molar-refractivity contribution is 7.92. The van der Waals surface area contributed by atoms with Crippen molar-refractivity contribution >= 4 is 62.4 Å². The number of amides is 1. The highest BCUT2D eigenvalue weighted by Crippen LogP contribution is 2.33. The van der Waals surface area contributed by atoms with E-state index in [0.717, 1.165) is 12.1 Å². The molecule has 1 aliphatic rings. The van der Waals surface area contributed by atoms with Crippen molar-refractivity contribution in [1.82, 2.24) is 9.88 Å². The van der Waals surface area contributed by atoms with Crippen LogP contribution in [0.4, 0.5) is 11.6 Å². The number of aliphatic hydroxyl groups is 1. The maximum atomic E-state index is 13.3. The Labute approximate surface area is 238 Å². The number of pyridine rings is 1. The topological polar surface area (TPSA) is 103 Å². The smallest absolute Gasteiger partial charge is 0.265 e. The Morgan fingerprint density at radius 1 is 1.11 bits per heavy atom. The molecule has 1 amide bonds. The number of carbonyl (C=O) groups excluding carboxylic acids is 1. The Morgan fingerprint density at radius 3 is 2.34 bits per heavy atom. The van der Waals surface area contributed by atoms with E-state index in [2.05, 4.69) is 10.3 Å². The predicted molar refractivity (Wildman–Crippen MR) is 153 cm³/mol. The predicted octanol–water partition coefficient (Wildman–Crippen LogP) is 5.36. The van der Waals surface area contributed by atoms with Gasteiger partial charge >= 0.3 is 0 Å². The molecule has 0 saturated carbocycles. The summed E-state index contributed by atoms with van der Waals surface area (Å²) in [4.78, 5) is 19.1. The van der Waals surface area contributed by atoms with Crippen molar-refractivity contribution in [3.63, 3.8) is 0 Å². The summed E-state index contributed by atoms with van der Waals surface area (Å²) in [6.07, 6.45) is 1.12. The van der Waals surface area contributed by atoms with Crippen molar-refractivity contribution in [2.24, 2.45) is 0 Å². The van der Waals surface area contributed by atoms with Gasteiger partial charge in [0.05, 0.1) is 26.6 Å². The first-order valence-electron chi connectivity index (χ1n) is 11.8. The number of rotatable bonds is 6. The minimum Gasteiger partial charge on any atom is -0.392 e. The molecule has 2 heterocycles. The summed E-state index contributed by atoms with van der Waals surface area (Å²) in [6.45, 7) is 2.79. The van der Waals surface area contributed by atoms with Crippen LogP contribution in [-0.4, -0.2) is 62.6 Å². The average molecular weight is 600 g/mol. The zero-order valence-electron chi connectivity index (χ0n) is 21.2. The van der Waals surface area contributed by atoms with E-state index in [1.165, 1.54) is 16.4 Å². The van der Waals surface area contributed by atoms with Crippen molar-refractivity contribution in [2.45, 2.75) is 30.8 Å². The molecule has 0 aliphatic carbocycles. The Bertz CT molecular complexity index is 1370. The van der Waals surface area contributed by atoms with Crippen LogP contribution in [0.3, 0.4) is 0 Å². The summed E-state index contributed by atoms with van der Waals surface area (Å²) in [5.41, 5.74) is 0.888. The summed E-state index contributed by atoms with van der Waals surface area (Å²) in [6, 6.07) is 14.2. The number of nitrogens with zero attached hydrogens (tertiary/aromatic N) is 3. The van der Waals surface area contributed by atoms with Gasteiger partial charge < -0.3 is 15.3 Å². The Hall–Kier alpha value is -2.40. The van der Waals surface area contributed by atoms with E-state index in [1.807, 2.05) is 19.0 Å². The third-order valence-electron chi connectivity index (χ3n) is 5.44. The second-order valence-corrected chi connectivity index (χ2v) is 12.1. The van der Waals surface area contributed by atoms with E-state index in [4.69, 9.17) is 39.9 Å². The maximum absolute atomic E-state index is 13.3. The molecule has 1 aromatic heterocycles. The lowest BCUT2D eigenvalue weighted by Gasteiger charge is -2.29. The Balaban J connectivity index is 0.000000505. The molecule has 0 fully saturated rings. The number of sulfonamides is 1. The molecule has 2 N–H and O–H groups in total. The lowest BCUT2D eigenvalue weighted by atomic mass is 10.1. The monoisotopic (exact) mass is 598 g/mol. The molecule has 2 aromatic carbocycles. The lowest BCUT2D eigenvalue weighted by Crippen LogP contribution is -2.36. The fourth-order valence-electron chi connectivity index (χ4n) is 3.89. The number of hydrogen-bond acceptors (Lipinski definition) is 6. The molecule has 8 nitrogen and oxygen atoms in total. The number of benzene rings is 2. The van der Waals surface area contributed by atoms with Gasteiger partial charge in [-0.1, -0.05) is 53.0 Å². The van der Waals surface area contributed by atoms with Gasteiger partial charge in [0.2, 0.25) is 0 Å². The summed E-state index contributed by atoms with van der Waals surface area (Å²) in [5, 5.41) is 12.1. The van der Waals surface area contributed by atoms with Gasteiger partial charge in [-0.25, -0.2) is 17.7 Å². The van der Waals surface area contributed by atoms with Gasteiger partial charge in [-0.3, -0.25) is 4.79 Å². The fraction of sp³-hybridized carbons (Fsp3) is 0.308. The molecule has 0 radical (unpaired) electrons. The van der Waals surface area contributed by atoms with E-state index < -0.39 is 15.9 Å². The SMILES string of the molecule is CC(O)CN(C)C.O=C(Nc1ccc2c(n1)N(S(=O)(=O)c1cccc(Cl)c1)CCC2)c1c(Cl)cccc1Cl. The van der Waals surface area contributed by atoms with Gasteiger partial charge in [0, 0.05) is 18.1 Å². The van der Waals surface area contributed by atoms with Crippen LogP contribution >= 0.6 is 34.8 Å². The molecule has 0 bridgehead atoms.